The summed E-state index contributed by atoms with van der Waals surface area (Å²) in [4.78, 5) is 13.1. The van der Waals surface area contributed by atoms with Crippen LogP contribution < -0.4 is 0 Å². The molecule has 1 saturated heterocycles. The van der Waals surface area contributed by atoms with Crippen LogP contribution in [0.3, 0.4) is 0 Å². The van der Waals surface area contributed by atoms with Gasteiger partial charge in [-0.3, -0.25) is 4.79 Å². The molecule has 5 aliphatic rings. The summed E-state index contributed by atoms with van der Waals surface area (Å²) in [5, 5.41) is 44.3. The van der Waals surface area contributed by atoms with E-state index < -0.39 is 34.6 Å². The predicted octanol–water partition coefficient (Wildman–Crippen LogP) is 3.27. The maximum atomic E-state index is 13.1. The highest BCUT2D eigenvalue weighted by atomic mass is 16.6. The lowest BCUT2D eigenvalue weighted by Crippen LogP contribution is -2.67. The molecule has 0 radical (unpaired) electrons. The normalized spacial score (nSPS) is 55.7. The Morgan fingerprint density at radius 1 is 1.06 bits per heavy atom. The van der Waals surface area contributed by atoms with Crippen LogP contribution in [0, 0.1) is 34.5 Å². The highest BCUT2D eigenvalue weighted by Crippen LogP contribution is 2.68. The second kappa shape index (κ2) is 7.48. The number of ketones is 1. The Balaban J connectivity index is 1.43. The Hall–Kier alpha value is -1.05. The maximum Gasteiger partial charge on any atom is 0.186 e. The Bertz CT molecular complexity index is 935. The molecule has 1 aliphatic heterocycles. The minimum absolute atomic E-state index is 0.137. The molecular formula is C28H42O6. The van der Waals surface area contributed by atoms with E-state index in [4.69, 9.17) is 4.74 Å². The average molecular weight is 475 g/mol. The monoisotopic (exact) mass is 474 g/mol. The summed E-state index contributed by atoms with van der Waals surface area (Å²) >= 11 is 0. The molecule has 0 spiro atoms. The first-order valence-electron chi connectivity index (χ1n) is 13.1. The molecule has 190 valence electrons. The summed E-state index contributed by atoms with van der Waals surface area (Å²) in [6, 6.07) is 0. The molecule has 1 heterocycles. The topological polar surface area (TPSA) is 107 Å². The highest BCUT2D eigenvalue weighted by Gasteiger charge is 2.67. The van der Waals surface area contributed by atoms with Crippen molar-refractivity contribution >= 4 is 5.78 Å². The highest BCUT2D eigenvalue weighted by molar-refractivity contribution is 5.98. The van der Waals surface area contributed by atoms with Crippen LogP contribution >= 0.6 is 0 Å². The number of carbonyl (C=O) groups excluding carboxylic acids is 1. The van der Waals surface area contributed by atoms with Gasteiger partial charge in [-0.2, -0.15) is 0 Å². The lowest BCUT2D eigenvalue weighted by atomic mass is 9.46. The van der Waals surface area contributed by atoms with Gasteiger partial charge in [0.15, 0.2) is 12.1 Å². The fourth-order valence-corrected chi connectivity index (χ4v) is 8.78. The molecule has 4 N–H and O–H groups in total. The van der Waals surface area contributed by atoms with Crippen LogP contribution in [0.5, 0.6) is 0 Å². The molecule has 34 heavy (non-hydrogen) atoms. The van der Waals surface area contributed by atoms with Crippen molar-refractivity contribution in [2.45, 2.75) is 109 Å². The quantitative estimate of drug-likeness (QED) is 0.458. The van der Waals surface area contributed by atoms with Gasteiger partial charge in [0.2, 0.25) is 0 Å². The van der Waals surface area contributed by atoms with Crippen molar-refractivity contribution in [1.82, 2.24) is 0 Å². The van der Waals surface area contributed by atoms with Crippen LogP contribution in [0.1, 0.15) is 79.6 Å². The third-order valence-electron chi connectivity index (χ3n) is 11.6. The largest absolute Gasteiger partial charge is 0.389 e. The smallest absolute Gasteiger partial charge is 0.186 e. The van der Waals surface area contributed by atoms with Gasteiger partial charge in [-0.25, -0.2) is 0 Å². The minimum Gasteiger partial charge on any atom is -0.389 e. The third-order valence-corrected chi connectivity index (χ3v) is 11.6. The summed E-state index contributed by atoms with van der Waals surface area (Å²) in [5.41, 5.74) is -3.84. The van der Waals surface area contributed by atoms with Gasteiger partial charge < -0.3 is 25.2 Å². The zero-order valence-corrected chi connectivity index (χ0v) is 21.3. The van der Waals surface area contributed by atoms with Crippen molar-refractivity contribution in [1.29, 1.82) is 0 Å². The average Bonchev–Trinajstić information content (AvgIpc) is 3.04. The van der Waals surface area contributed by atoms with E-state index in [0.717, 1.165) is 32.1 Å². The standard InChI is InChI=1S/C28H42O6/c1-16(21-15-25(3,31)27(5,32)23(30)34-21)28(33)14-12-19-18-10-9-17-7-6-8-22(29)26(17,4)20(18)11-13-24(19,28)2/h6,8-9,16,18-21,23,30-33H,7,10-15H2,1-5H3/t16-,18+,19+,20+,21-,23+,24+,25-,26+,27-,28+/m1/s1. The van der Waals surface area contributed by atoms with Gasteiger partial charge in [0.1, 0.15) is 5.60 Å². The number of ether oxygens (including phenoxy) is 1. The van der Waals surface area contributed by atoms with Crippen LogP contribution in [-0.4, -0.2) is 55.4 Å². The Kier molecular flexibility index (Phi) is 5.42. The van der Waals surface area contributed by atoms with Crippen molar-refractivity contribution in [3.63, 3.8) is 0 Å². The molecule has 6 heteroatoms. The van der Waals surface area contributed by atoms with Crippen LogP contribution in [-0.2, 0) is 9.53 Å². The van der Waals surface area contributed by atoms with E-state index in [0.29, 0.717) is 24.2 Å². The van der Waals surface area contributed by atoms with E-state index in [1.807, 2.05) is 13.0 Å². The Morgan fingerprint density at radius 2 is 1.74 bits per heavy atom. The SMILES string of the molecule is C[C@H]([C@H]1C[C@@](C)(O)[C@](C)(O)[C@@H](O)O1)[C@@]1(O)CC[C@H]2[C@@H]3CC=C4CC=CC(=O)[C@]4(C)[C@H]3CC[C@@]21C. The van der Waals surface area contributed by atoms with Gasteiger partial charge >= 0.3 is 0 Å². The Morgan fingerprint density at radius 3 is 2.41 bits per heavy atom. The van der Waals surface area contributed by atoms with Gasteiger partial charge in [-0.1, -0.05) is 31.6 Å². The fraction of sp³-hybridized carbons (Fsp3) is 0.821. The number of rotatable bonds is 2. The summed E-state index contributed by atoms with van der Waals surface area (Å²) in [6.45, 7) is 9.21. The van der Waals surface area contributed by atoms with E-state index in [1.165, 1.54) is 19.4 Å². The summed E-state index contributed by atoms with van der Waals surface area (Å²) in [7, 11) is 0. The molecule has 0 aromatic carbocycles. The fourth-order valence-electron chi connectivity index (χ4n) is 8.78. The van der Waals surface area contributed by atoms with Crippen molar-refractivity contribution in [2.24, 2.45) is 34.5 Å². The zero-order valence-electron chi connectivity index (χ0n) is 21.3. The first kappa shape index (κ1) is 24.6. The summed E-state index contributed by atoms with van der Waals surface area (Å²) < 4.78 is 5.83. The molecular weight excluding hydrogens is 432 g/mol. The Labute approximate surface area is 203 Å². The second-order valence-electron chi connectivity index (χ2n) is 12.9. The van der Waals surface area contributed by atoms with Gasteiger partial charge in [0.25, 0.3) is 0 Å². The van der Waals surface area contributed by atoms with E-state index in [1.54, 1.807) is 6.08 Å². The lowest BCUT2D eigenvalue weighted by Gasteiger charge is -2.59. The third kappa shape index (κ3) is 2.95. The van der Waals surface area contributed by atoms with E-state index >= 15 is 0 Å². The molecule has 0 aromatic heterocycles. The molecule has 0 bridgehead atoms. The lowest BCUT2D eigenvalue weighted by molar-refractivity contribution is -0.334. The van der Waals surface area contributed by atoms with E-state index in [-0.39, 0.29) is 23.5 Å². The second-order valence-corrected chi connectivity index (χ2v) is 12.9. The molecule has 11 atom stereocenters. The first-order valence-corrected chi connectivity index (χ1v) is 13.1. The van der Waals surface area contributed by atoms with Crippen LogP contribution in [0.25, 0.3) is 0 Å². The molecule has 3 fully saturated rings. The maximum absolute atomic E-state index is 13.1. The summed E-state index contributed by atoms with van der Waals surface area (Å²) in [6.07, 6.45) is 9.18. The van der Waals surface area contributed by atoms with Gasteiger partial charge in [-0.15, -0.1) is 0 Å². The number of aliphatic hydroxyl groups is 4. The zero-order chi connectivity index (χ0) is 24.9. The number of hydrogen-bond donors (Lipinski definition) is 4. The van der Waals surface area contributed by atoms with Crippen LogP contribution in [0.15, 0.2) is 23.8 Å². The van der Waals surface area contributed by atoms with Gasteiger partial charge in [0.05, 0.1) is 22.7 Å². The first-order chi connectivity index (χ1) is 15.7. The molecule has 2 saturated carbocycles. The number of aliphatic hydroxyl groups excluding tert-OH is 1. The molecule has 0 aromatic rings. The molecule has 0 unspecified atom stereocenters. The molecule has 0 amide bonds. The van der Waals surface area contributed by atoms with Crippen molar-refractivity contribution < 1.29 is 30.0 Å². The molecule has 4 aliphatic carbocycles. The number of fused-ring (bicyclic) bond motifs is 5. The van der Waals surface area contributed by atoms with Crippen LogP contribution in [0.2, 0.25) is 0 Å². The van der Waals surface area contributed by atoms with Crippen molar-refractivity contribution in [3.8, 4) is 0 Å². The number of allylic oxidation sites excluding steroid dienone is 4. The van der Waals surface area contributed by atoms with Crippen LogP contribution in [0.4, 0.5) is 0 Å². The van der Waals surface area contributed by atoms with E-state index in [2.05, 4.69) is 19.9 Å². The summed E-state index contributed by atoms with van der Waals surface area (Å²) in [5.74, 6) is 0.837. The molecule has 6 nitrogen and oxygen atoms in total. The minimum atomic E-state index is -1.78. The van der Waals surface area contributed by atoms with Gasteiger partial charge in [-0.05, 0) is 88.5 Å². The predicted molar refractivity (Wildman–Crippen MR) is 127 cm³/mol. The molecule has 5 rings (SSSR count). The van der Waals surface area contributed by atoms with E-state index in [9.17, 15) is 25.2 Å². The van der Waals surface area contributed by atoms with Gasteiger partial charge in [0, 0.05) is 12.3 Å². The van der Waals surface area contributed by atoms with Crippen molar-refractivity contribution in [2.75, 3.05) is 0 Å². The number of hydrogen-bond acceptors (Lipinski definition) is 6. The van der Waals surface area contributed by atoms with Crippen molar-refractivity contribution in [3.05, 3.63) is 23.8 Å². The number of carbonyl (C=O) groups is 1.